The molecule has 6 rings (SSSR count). The highest BCUT2D eigenvalue weighted by atomic mass is 19.1. The second-order valence-electron chi connectivity index (χ2n) is 14.3. The second-order valence-corrected chi connectivity index (χ2v) is 14.3. The maximum Gasteiger partial charge on any atom is 0.407 e. The molecule has 0 radical (unpaired) electrons. The number of alkyl carbamates (subject to hydrolysis) is 1. The van der Waals surface area contributed by atoms with E-state index in [4.69, 9.17) is 19.2 Å². The van der Waals surface area contributed by atoms with Crippen LogP contribution in [0.2, 0.25) is 0 Å². The number of ether oxygens (including phenoxy) is 3. The summed E-state index contributed by atoms with van der Waals surface area (Å²) in [7, 11) is 0. The zero-order valence-corrected chi connectivity index (χ0v) is 31.7. The predicted molar refractivity (Wildman–Crippen MR) is 201 cm³/mol. The molecule has 0 spiro atoms. The van der Waals surface area contributed by atoms with Crippen molar-refractivity contribution in [2.75, 3.05) is 65.8 Å². The zero-order valence-electron chi connectivity index (χ0n) is 31.7. The van der Waals surface area contributed by atoms with Crippen LogP contribution < -0.4 is 16.0 Å². The number of hydrogen-bond donors (Lipinski definition) is 3. The molecule has 4 heterocycles. The van der Waals surface area contributed by atoms with Crippen molar-refractivity contribution < 1.29 is 46.6 Å². The summed E-state index contributed by atoms with van der Waals surface area (Å²) in [4.78, 5) is 57.8. The van der Waals surface area contributed by atoms with Crippen LogP contribution in [0.5, 0.6) is 0 Å². The fourth-order valence-corrected chi connectivity index (χ4v) is 7.22. The van der Waals surface area contributed by atoms with Crippen LogP contribution in [0, 0.1) is 23.5 Å². The minimum absolute atomic E-state index is 0.00423. The van der Waals surface area contributed by atoms with Crippen molar-refractivity contribution in [3.63, 3.8) is 0 Å². The smallest absolute Gasteiger partial charge is 0.407 e. The van der Waals surface area contributed by atoms with Gasteiger partial charge in [0.25, 0.3) is 11.8 Å². The molecule has 306 valence electrons. The number of hydrogen-bond acceptors (Lipinski definition) is 9. The third kappa shape index (κ3) is 11.0. The average Bonchev–Trinajstić information content (AvgIpc) is 3.91. The fourth-order valence-electron chi connectivity index (χ4n) is 7.22. The molecule has 4 atom stereocenters. The SMILES string of the molecule is C[C@@H](CNC(=O)OCCOCCN1C(=O)C=CC1=O)NC(=O)N(C[C@@H]1CNC[C@@H]1F)[C@@H](c1nc(-c2cc(F)ccc2F)cn1Cc1ccccc1)C1CCOCC1. The molecule has 0 aliphatic carbocycles. The number of rotatable bonds is 17. The van der Waals surface area contributed by atoms with Crippen molar-refractivity contribution in [2.45, 2.75) is 44.6 Å². The Morgan fingerprint density at radius 2 is 1.79 bits per heavy atom. The van der Waals surface area contributed by atoms with Crippen LogP contribution in [0.15, 0.2) is 66.9 Å². The number of carbonyl (C=O) groups excluding carboxylic acids is 4. The van der Waals surface area contributed by atoms with Crippen molar-refractivity contribution in [3.8, 4) is 11.3 Å². The zero-order chi connectivity index (χ0) is 40.3. The number of nitrogens with zero attached hydrogens (tertiary/aromatic N) is 4. The van der Waals surface area contributed by atoms with Crippen molar-refractivity contribution in [3.05, 3.63) is 89.9 Å². The van der Waals surface area contributed by atoms with E-state index in [2.05, 4.69) is 16.0 Å². The highest BCUT2D eigenvalue weighted by Gasteiger charge is 2.40. The lowest BCUT2D eigenvalue weighted by atomic mass is 9.89. The Hall–Kier alpha value is -5.26. The number of nitrogens with one attached hydrogen (secondary N) is 3. The highest BCUT2D eigenvalue weighted by molar-refractivity contribution is 6.12. The van der Waals surface area contributed by atoms with Crippen LogP contribution >= 0.6 is 0 Å². The molecule has 2 fully saturated rings. The van der Waals surface area contributed by atoms with E-state index in [-0.39, 0.29) is 63.2 Å². The van der Waals surface area contributed by atoms with Crippen LogP contribution in [0.4, 0.5) is 22.8 Å². The first-order valence-corrected chi connectivity index (χ1v) is 19.2. The Balaban J connectivity index is 1.18. The van der Waals surface area contributed by atoms with E-state index in [0.717, 1.165) is 28.7 Å². The molecule has 5 amide bonds. The monoisotopic (exact) mass is 795 g/mol. The third-order valence-electron chi connectivity index (χ3n) is 10.2. The number of amides is 5. The Labute approximate surface area is 328 Å². The molecule has 2 saturated heterocycles. The Bertz CT molecular complexity index is 1870. The largest absolute Gasteiger partial charge is 0.447 e. The second kappa shape index (κ2) is 19.7. The van der Waals surface area contributed by atoms with Crippen LogP contribution in [0.25, 0.3) is 11.3 Å². The third-order valence-corrected chi connectivity index (χ3v) is 10.2. The van der Waals surface area contributed by atoms with Crippen molar-refractivity contribution in [1.82, 2.24) is 35.3 Å². The van der Waals surface area contributed by atoms with Crippen LogP contribution in [-0.4, -0.2) is 121 Å². The van der Waals surface area contributed by atoms with Gasteiger partial charge in [-0.25, -0.2) is 27.7 Å². The number of urea groups is 1. The first kappa shape index (κ1) is 41.4. The van der Waals surface area contributed by atoms with E-state index in [1.54, 1.807) is 18.0 Å². The summed E-state index contributed by atoms with van der Waals surface area (Å²) in [6.07, 6.45) is 3.21. The van der Waals surface area contributed by atoms with E-state index in [1.807, 2.05) is 34.9 Å². The van der Waals surface area contributed by atoms with Crippen LogP contribution in [-0.2, 0) is 30.3 Å². The average molecular weight is 796 g/mol. The molecule has 3 N–H and O–H groups in total. The molecule has 0 bridgehead atoms. The van der Waals surface area contributed by atoms with Gasteiger partial charge in [-0.3, -0.25) is 14.5 Å². The summed E-state index contributed by atoms with van der Waals surface area (Å²) < 4.78 is 63.1. The Morgan fingerprint density at radius 3 is 2.51 bits per heavy atom. The summed E-state index contributed by atoms with van der Waals surface area (Å²) in [6, 6.07) is 10.9. The van der Waals surface area contributed by atoms with Crippen LogP contribution in [0.3, 0.4) is 0 Å². The van der Waals surface area contributed by atoms with Gasteiger partial charge in [0.1, 0.15) is 30.2 Å². The van der Waals surface area contributed by atoms with Gasteiger partial charge < -0.3 is 39.6 Å². The number of benzene rings is 2. The molecule has 0 saturated carbocycles. The quantitative estimate of drug-likeness (QED) is 0.136. The molecular weight excluding hydrogens is 747 g/mol. The first-order valence-electron chi connectivity index (χ1n) is 19.2. The highest BCUT2D eigenvalue weighted by Crippen LogP contribution is 2.38. The summed E-state index contributed by atoms with van der Waals surface area (Å²) in [6.45, 7) is 3.50. The van der Waals surface area contributed by atoms with Gasteiger partial charge in [0, 0.05) is 81.8 Å². The number of carbonyl (C=O) groups is 4. The van der Waals surface area contributed by atoms with Gasteiger partial charge in [0.2, 0.25) is 0 Å². The number of imidazole rings is 1. The fraction of sp³-hybridized carbons (Fsp3) is 0.475. The molecule has 3 aromatic rings. The van der Waals surface area contributed by atoms with Gasteiger partial charge in [-0.05, 0) is 49.4 Å². The molecule has 0 unspecified atom stereocenters. The minimum atomic E-state index is -1.21. The molecular formula is C40H48F3N7O7. The van der Waals surface area contributed by atoms with Crippen molar-refractivity contribution in [1.29, 1.82) is 0 Å². The van der Waals surface area contributed by atoms with E-state index in [1.165, 1.54) is 12.2 Å². The van der Waals surface area contributed by atoms with Crippen molar-refractivity contribution in [2.24, 2.45) is 11.8 Å². The van der Waals surface area contributed by atoms with E-state index in [0.29, 0.717) is 45.0 Å². The lowest BCUT2D eigenvalue weighted by Crippen LogP contribution is -2.52. The molecule has 3 aliphatic heterocycles. The van der Waals surface area contributed by atoms with E-state index >= 15 is 8.78 Å². The van der Waals surface area contributed by atoms with Gasteiger partial charge in [0.05, 0.1) is 31.5 Å². The lowest BCUT2D eigenvalue weighted by molar-refractivity contribution is -0.137. The standard InChI is InChI=1S/C40H48F3N7O7/c1-26(20-45-40(54)57-18-17-56-16-13-49-35(51)9-10-36(49)52)46-39(53)50(24-29-21-44-22-33(29)43)37(28-11-14-55-15-12-28)38-47-34(31-19-30(41)7-8-32(31)42)25-48(38)23-27-5-3-2-4-6-27/h2-10,19,25-26,28-29,33,37,44H,11-18,20-24H2,1H3,(H,45,54)(H,46,53)/t26-,29-,33-,37+/m0/s1. The molecule has 2 aromatic carbocycles. The van der Waals surface area contributed by atoms with Crippen LogP contribution in [0.1, 0.15) is 37.2 Å². The summed E-state index contributed by atoms with van der Waals surface area (Å²) in [5.74, 6) is -2.38. The normalized spacial score (nSPS) is 19.5. The summed E-state index contributed by atoms with van der Waals surface area (Å²) in [5.41, 5.74) is 1.08. The van der Waals surface area contributed by atoms with Gasteiger partial charge in [-0.15, -0.1) is 0 Å². The van der Waals surface area contributed by atoms with Gasteiger partial charge >= 0.3 is 12.1 Å². The molecule has 1 aromatic heterocycles. The molecule has 14 nitrogen and oxygen atoms in total. The van der Waals surface area contributed by atoms with Gasteiger partial charge in [-0.2, -0.15) is 0 Å². The van der Waals surface area contributed by atoms with E-state index < -0.39 is 59.7 Å². The minimum Gasteiger partial charge on any atom is -0.447 e. The molecule has 3 aliphatic rings. The Kier molecular flexibility index (Phi) is 14.3. The first-order chi connectivity index (χ1) is 27.6. The van der Waals surface area contributed by atoms with E-state index in [9.17, 15) is 23.6 Å². The number of imide groups is 1. The Morgan fingerprint density at radius 1 is 1.04 bits per heavy atom. The predicted octanol–water partition coefficient (Wildman–Crippen LogP) is 3.97. The van der Waals surface area contributed by atoms with Gasteiger partial charge in [-0.1, -0.05) is 30.3 Å². The molecule has 57 heavy (non-hydrogen) atoms. The van der Waals surface area contributed by atoms with Gasteiger partial charge in [0.15, 0.2) is 0 Å². The summed E-state index contributed by atoms with van der Waals surface area (Å²) in [5, 5.41) is 8.65. The summed E-state index contributed by atoms with van der Waals surface area (Å²) >= 11 is 0. The lowest BCUT2D eigenvalue weighted by Gasteiger charge is -2.40. The maximum atomic E-state index is 15.3. The molecule has 17 heteroatoms. The topological polar surface area (TPSA) is 156 Å². The number of alkyl halides is 1. The van der Waals surface area contributed by atoms with Crippen molar-refractivity contribution >= 4 is 23.9 Å². The maximum absolute atomic E-state index is 15.3. The number of halogens is 3. The number of aromatic nitrogens is 2.